The van der Waals surface area contributed by atoms with Crippen molar-refractivity contribution >= 4 is 29.0 Å². The molecule has 1 atom stereocenters. The van der Waals surface area contributed by atoms with Crippen molar-refractivity contribution < 1.29 is 33.6 Å². The highest BCUT2D eigenvalue weighted by atomic mass is 16.6. The monoisotopic (exact) mass is 410 g/mol. The Hall–Kier alpha value is -3.79. The van der Waals surface area contributed by atoms with Crippen LogP contribution in [0, 0.1) is 31.6 Å². The first-order chi connectivity index (χ1) is 13.7. The third kappa shape index (κ3) is 5.14. The molecule has 0 aliphatic carbocycles. The summed E-state index contributed by atoms with van der Waals surface area (Å²) in [5.74, 6) is -2.39. The first-order valence-corrected chi connectivity index (χ1v) is 8.31. The average Bonchev–Trinajstić information content (AvgIpc) is 2.66. The molecular formula is C16H18N4O9. The number of carbonyl (C=O) groups excluding carboxylic acids is 2. The fourth-order valence-electron chi connectivity index (χ4n) is 2.27. The molecule has 0 radical (unpaired) electrons. The molecule has 0 aromatic heterocycles. The maximum Gasteiger partial charge on any atom is 0.375 e. The summed E-state index contributed by atoms with van der Waals surface area (Å²) in [5.41, 5.74) is -5.53. The van der Waals surface area contributed by atoms with Crippen LogP contribution in [0.2, 0.25) is 0 Å². The van der Waals surface area contributed by atoms with Crippen LogP contribution in [0.1, 0.15) is 31.1 Å². The van der Waals surface area contributed by atoms with E-state index in [4.69, 9.17) is 14.2 Å². The van der Waals surface area contributed by atoms with Crippen molar-refractivity contribution in [2.45, 2.75) is 26.5 Å². The summed E-state index contributed by atoms with van der Waals surface area (Å²) in [6, 6.07) is 2.86. The normalized spacial score (nSPS) is 12.2. The number of nitrogens with zero attached hydrogens (tertiary/aromatic N) is 3. The van der Waals surface area contributed by atoms with Gasteiger partial charge in [-0.3, -0.25) is 20.2 Å². The molecule has 0 fully saturated rings. The van der Waals surface area contributed by atoms with Crippen molar-refractivity contribution in [1.82, 2.24) is 0 Å². The van der Waals surface area contributed by atoms with Gasteiger partial charge in [0.25, 0.3) is 11.4 Å². The van der Waals surface area contributed by atoms with E-state index in [0.717, 1.165) is 6.07 Å². The smallest absolute Gasteiger partial charge is 0.375 e. The van der Waals surface area contributed by atoms with Gasteiger partial charge in [-0.05, 0) is 20.8 Å². The molecule has 156 valence electrons. The van der Waals surface area contributed by atoms with E-state index in [1.807, 2.05) is 0 Å². The number of esters is 2. The number of nitriles is 1. The number of anilines is 1. The van der Waals surface area contributed by atoms with Crippen LogP contribution in [0.5, 0.6) is 0 Å². The van der Waals surface area contributed by atoms with E-state index in [2.05, 4.69) is 5.32 Å². The largest absolute Gasteiger partial charge is 0.462 e. The summed E-state index contributed by atoms with van der Waals surface area (Å²) in [7, 11) is 0. The minimum Gasteiger partial charge on any atom is -0.462 e. The molecule has 1 aromatic carbocycles. The molecule has 13 heteroatoms. The molecule has 1 rings (SSSR count). The molecule has 0 heterocycles. The zero-order valence-electron chi connectivity index (χ0n) is 15.8. The van der Waals surface area contributed by atoms with Gasteiger partial charge in [0.05, 0.1) is 34.8 Å². The highest BCUT2D eigenvalue weighted by Gasteiger charge is 2.44. The zero-order chi connectivity index (χ0) is 22.2. The van der Waals surface area contributed by atoms with E-state index < -0.39 is 50.1 Å². The molecule has 1 N–H and O–H groups in total. The second kappa shape index (κ2) is 9.95. The third-order valence-corrected chi connectivity index (χ3v) is 3.38. The lowest BCUT2D eigenvalue weighted by Crippen LogP contribution is -2.49. The van der Waals surface area contributed by atoms with Crippen LogP contribution in [0.25, 0.3) is 0 Å². The molecule has 0 amide bonds. The van der Waals surface area contributed by atoms with Crippen LogP contribution in [-0.4, -0.2) is 47.3 Å². The van der Waals surface area contributed by atoms with Gasteiger partial charge >= 0.3 is 17.7 Å². The van der Waals surface area contributed by atoms with Gasteiger partial charge in [0.2, 0.25) is 0 Å². The van der Waals surface area contributed by atoms with E-state index in [1.54, 1.807) is 6.07 Å². The number of nitro benzene ring substituents is 2. The maximum absolute atomic E-state index is 12.3. The molecule has 1 unspecified atom stereocenters. The van der Waals surface area contributed by atoms with Gasteiger partial charge < -0.3 is 19.5 Å². The molecule has 0 spiro atoms. The first kappa shape index (κ1) is 23.2. The molecule has 0 aliphatic rings. The van der Waals surface area contributed by atoms with E-state index in [1.165, 1.54) is 20.8 Å². The summed E-state index contributed by atoms with van der Waals surface area (Å²) in [6.07, 6.45) is 0. The van der Waals surface area contributed by atoms with E-state index in [0.29, 0.717) is 6.07 Å². The number of non-ortho nitro benzene ring substituents is 1. The quantitative estimate of drug-likeness (QED) is 0.257. The van der Waals surface area contributed by atoms with Crippen molar-refractivity contribution in [2.75, 3.05) is 25.1 Å². The fourth-order valence-corrected chi connectivity index (χ4v) is 2.27. The maximum atomic E-state index is 12.3. The number of hydrogen-bond donors (Lipinski definition) is 1. The topological polar surface area (TPSA) is 184 Å². The molecule has 0 bridgehead atoms. The Morgan fingerprint density at radius 3 is 2.17 bits per heavy atom. The third-order valence-electron chi connectivity index (χ3n) is 3.38. The lowest BCUT2D eigenvalue weighted by molar-refractivity contribution is -0.394. The molecule has 13 nitrogen and oxygen atoms in total. The van der Waals surface area contributed by atoms with Gasteiger partial charge in [0.1, 0.15) is 6.07 Å². The van der Waals surface area contributed by atoms with Gasteiger partial charge in [0, 0.05) is 12.7 Å². The van der Waals surface area contributed by atoms with E-state index >= 15 is 0 Å². The van der Waals surface area contributed by atoms with Gasteiger partial charge in [0.15, 0.2) is 5.56 Å². The standard InChI is InChI=1S/C16H18N4O9/c1-4-27-14(21)13-11(7-10(19(23)24)8-12(13)20(25)26)18-16(9-17,29-6-3)15(22)28-5-2/h7-8,18H,4-6H2,1-3H3. The number of benzene rings is 1. The fraction of sp³-hybridized carbons (Fsp3) is 0.438. The Morgan fingerprint density at radius 1 is 1.10 bits per heavy atom. The first-order valence-electron chi connectivity index (χ1n) is 8.31. The van der Waals surface area contributed by atoms with E-state index in [9.17, 15) is 35.1 Å². The molecule has 29 heavy (non-hydrogen) atoms. The lowest BCUT2D eigenvalue weighted by atomic mass is 10.1. The minimum atomic E-state index is -2.52. The van der Waals surface area contributed by atoms with Crippen LogP contribution in [0.15, 0.2) is 12.1 Å². The SMILES string of the molecule is CCOC(=O)c1c(NC(C#N)(OCC)C(=O)OCC)cc([N+](=O)[O-])cc1[N+](=O)[O-]. The van der Waals surface area contributed by atoms with Gasteiger partial charge in [-0.2, -0.15) is 5.26 Å². The highest BCUT2D eigenvalue weighted by Crippen LogP contribution is 2.35. The Balaban J connectivity index is 3.78. The predicted octanol–water partition coefficient (Wildman–Crippen LogP) is 1.91. The Kier molecular flexibility index (Phi) is 7.97. The second-order valence-electron chi connectivity index (χ2n) is 5.19. The zero-order valence-corrected chi connectivity index (χ0v) is 15.8. The number of rotatable bonds is 10. The Bertz CT molecular complexity index is 865. The molecule has 0 aliphatic heterocycles. The predicted molar refractivity (Wildman–Crippen MR) is 95.9 cm³/mol. The number of ether oxygens (including phenoxy) is 3. The number of nitro groups is 2. The van der Waals surface area contributed by atoms with Crippen LogP contribution in [0.3, 0.4) is 0 Å². The van der Waals surface area contributed by atoms with Gasteiger partial charge in [-0.1, -0.05) is 0 Å². The van der Waals surface area contributed by atoms with Crippen molar-refractivity contribution in [2.24, 2.45) is 0 Å². The molecule has 0 saturated heterocycles. The average molecular weight is 410 g/mol. The van der Waals surface area contributed by atoms with Crippen LogP contribution in [0.4, 0.5) is 17.1 Å². The summed E-state index contributed by atoms with van der Waals surface area (Å²) >= 11 is 0. The number of hydrogen-bond acceptors (Lipinski definition) is 11. The van der Waals surface area contributed by atoms with Gasteiger partial charge in [-0.15, -0.1) is 0 Å². The Morgan fingerprint density at radius 2 is 1.72 bits per heavy atom. The van der Waals surface area contributed by atoms with Crippen LogP contribution in [-0.2, 0) is 19.0 Å². The molecule has 1 aromatic rings. The molecule has 0 saturated carbocycles. The van der Waals surface area contributed by atoms with Crippen molar-refractivity contribution in [3.63, 3.8) is 0 Å². The highest BCUT2D eigenvalue weighted by molar-refractivity contribution is 6.02. The van der Waals surface area contributed by atoms with Crippen molar-refractivity contribution in [3.8, 4) is 6.07 Å². The van der Waals surface area contributed by atoms with Crippen LogP contribution >= 0.6 is 0 Å². The Labute approximate surface area is 164 Å². The van der Waals surface area contributed by atoms with Crippen molar-refractivity contribution in [3.05, 3.63) is 37.9 Å². The minimum absolute atomic E-state index is 0.128. The second-order valence-corrected chi connectivity index (χ2v) is 5.19. The summed E-state index contributed by atoms with van der Waals surface area (Å²) in [5, 5.41) is 34.4. The lowest BCUT2D eigenvalue weighted by Gasteiger charge is -2.26. The molecular weight excluding hydrogens is 392 g/mol. The summed E-state index contributed by atoms with van der Waals surface area (Å²) < 4.78 is 14.7. The van der Waals surface area contributed by atoms with Crippen molar-refractivity contribution in [1.29, 1.82) is 5.26 Å². The van der Waals surface area contributed by atoms with Gasteiger partial charge in [-0.25, -0.2) is 9.59 Å². The number of carbonyl (C=O) groups is 2. The van der Waals surface area contributed by atoms with E-state index in [-0.39, 0.29) is 19.8 Å². The summed E-state index contributed by atoms with van der Waals surface area (Å²) in [6.45, 7) is 3.91. The van der Waals surface area contributed by atoms with Crippen LogP contribution < -0.4 is 5.32 Å². The number of nitrogens with one attached hydrogen (secondary N) is 1. The summed E-state index contributed by atoms with van der Waals surface area (Å²) in [4.78, 5) is 45.3.